The van der Waals surface area contributed by atoms with Crippen molar-refractivity contribution in [3.8, 4) is 0 Å². The van der Waals surface area contributed by atoms with Crippen LogP contribution in [0.3, 0.4) is 0 Å². The van der Waals surface area contributed by atoms with Crippen LogP contribution < -0.4 is 16.7 Å². The first-order valence-electron chi connectivity index (χ1n) is 8.90. The van der Waals surface area contributed by atoms with Crippen LogP contribution in [0.1, 0.15) is 27.4 Å². The lowest BCUT2D eigenvalue weighted by atomic mass is 9.74. The first-order chi connectivity index (χ1) is 13.6. The second-order valence-corrected chi connectivity index (χ2v) is 6.74. The van der Waals surface area contributed by atoms with Gasteiger partial charge in [0.05, 0.1) is 5.92 Å². The Labute approximate surface area is 161 Å². The highest BCUT2D eigenvalue weighted by Gasteiger charge is 2.31. The van der Waals surface area contributed by atoms with Crippen LogP contribution >= 0.6 is 0 Å². The number of nitrogens with two attached hydrogens (primary N) is 1. The highest BCUT2D eigenvalue weighted by atomic mass is 16.7. The SMILES string of the molecule is NC[C@@H](C(=O)Cc1ccc2cnccc2c1)c1ccc2c(c1)C(=O)NOB2O. The lowest BCUT2D eigenvalue weighted by molar-refractivity contribution is -0.119. The normalized spacial score (nSPS) is 14.5. The molecule has 7 nitrogen and oxygen atoms in total. The number of Topliss-reactive ketones (excluding diaryl/α,β-unsaturated/α-hetero) is 1. The van der Waals surface area contributed by atoms with Gasteiger partial charge in [0.1, 0.15) is 5.78 Å². The van der Waals surface area contributed by atoms with Gasteiger partial charge >= 0.3 is 7.12 Å². The molecule has 2 heterocycles. The number of aromatic nitrogens is 1. The Morgan fingerprint density at radius 1 is 1.21 bits per heavy atom. The number of amides is 1. The van der Waals surface area contributed by atoms with Gasteiger partial charge in [-0.1, -0.05) is 30.3 Å². The van der Waals surface area contributed by atoms with E-state index in [4.69, 9.17) is 10.5 Å². The molecule has 0 fully saturated rings. The van der Waals surface area contributed by atoms with Crippen LogP contribution in [0.4, 0.5) is 0 Å². The van der Waals surface area contributed by atoms with Gasteiger partial charge in [0, 0.05) is 36.3 Å². The molecule has 1 aliphatic heterocycles. The maximum Gasteiger partial charge on any atom is 0.515 e. The topological polar surface area (TPSA) is 115 Å². The van der Waals surface area contributed by atoms with Crippen molar-refractivity contribution in [2.75, 3.05) is 6.54 Å². The maximum absolute atomic E-state index is 12.9. The van der Waals surface area contributed by atoms with E-state index in [1.165, 1.54) is 0 Å². The number of pyridine rings is 1. The van der Waals surface area contributed by atoms with Gasteiger partial charge in [-0.15, -0.1) is 0 Å². The van der Waals surface area contributed by atoms with Crippen LogP contribution in [0.5, 0.6) is 0 Å². The number of nitrogens with zero attached hydrogens (tertiary/aromatic N) is 1. The van der Waals surface area contributed by atoms with Crippen molar-refractivity contribution in [2.24, 2.45) is 5.73 Å². The van der Waals surface area contributed by atoms with Crippen molar-refractivity contribution in [3.05, 3.63) is 71.5 Å². The second kappa shape index (κ2) is 7.51. The van der Waals surface area contributed by atoms with Crippen LogP contribution in [0, 0.1) is 0 Å². The molecular formula is C20H18BN3O4. The zero-order chi connectivity index (χ0) is 19.7. The molecule has 1 aliphatic rings. The molecule has 140 valence electrons. The van der Waals surface area contributed by atoms with Crippen molar-refractivity contribution in [3.63, 3.8) is 0 Å². The second-order valence-electron chi connectivity index (χ2n) is 6.74. The summed E-state index contributed by atoms with van der Waals surface area (Å²) >= 11 is 0. The van der Waals surface area contributed by atoms with E-state index >= 15 is 0 Å². The average Bonchev–Trinajstić information content (AvgIpc) is 2.71. The minimum Gasteiger partial charge on any atom is -0.422 e. The molecule has 28 heavy (non-hydrogen) atoms. The quantitative estimate of drug-likeness (QED) is 0.558. The van der Waals surface area contributed by atoms with Crippen molar-refractivity contribution in [1.82, 2.24) is 10.5 Å². The van der Waals surface area contributed by atoms with Gasteiger partial charge in [0.25, 0.3) is 5.91 Å². The Balaban J connectivity index is 1.60. The summed E-state index contributed by atoms with van der Waals surface area (Å²) in [4.78, 5) is 29.0. The predicted octanol–water partition coefficient (Wildman–Crippen LogP) is 0.451. The number of hydrogen-bond acceptors (Lipinski definition) is 6. The molecule has 0 bridgehead atoms. The van der Waals surface area contributed by atoms with E-state index in [0.717, 1.165) is 16.3 Å². The van der Waals surface area contributed by atoms with Gasteiger partial charge in [-0.3, -0.25) is 19.3 Å². The van der Waals surface area contributed by atoms with Gasteiger partial charge in [-0.05, 0) is 34.1 Å². The molecule has 1 aromatic heterocycles. The van der Waals surface area contributed by atoms with Crippen LogP contribution in [0.2, 0.25) is 0 Å². The molecule has 1 atom stereocenters. The van der Waals surface area contributed by atoms with E-state index in [1.807, 2.05) is 24.3 Å². The van der Waals surface area contributed by atoms with Crippen molar-refractivity contribution >= 4 is 35.0 Å². The standard InChI is InChI=1S/C20H18BN3O4/c22-10-17(14-3-4-18-16(9-14)20(26)24-28-21(18)27)19(25)8-12-1-2-15-11-23-6-5-13(15)7-12/h1-7,9,11,17,27H,8,10,22H2,(H,24,26)/t17-/m1/s1. The lowest BCUT2D eigenvalue weighted by Crippen LogP contribution is -2.50. The van der Waals surface area contributed by atoms with E-state index in [0.29, 0.717) is 11.0 Å². The lowest BCUT2D eigenvalue weighted by Gasteiger charge is -2.21. The number of ketones is 1. The molecule has 0 unspecified atom stereocenters. The third-order valence-electron chi connectivity index (χ3n) is 4.96. The number of carbonyl (C=O) groups is 2. The molecule has 0 saturated heterocycles. The summed E-state index contributed by atoms with van der Waals surface area (Å²) in [5.41, 5.74) is 10.2. The number of fused-ring (bicyclic) bond motifs is 2. The summed E-state index contributed by atoms with van der Waals surface area (Å²) in [6, 6.07) is 12.6. The molecule has 4 rings (SSSR count). The highest BCUT2D eigenvalue weighted by Crippen LogP contribution is 2.21. The molecule has 0 aliphatic carbocycles. The molecule has 3 aromatic rings. The Morgan fingerprint density at radius 2 is 2.07 bits per heavy atom. The predicted molar refractivity (Wildman–Crippen MR) is 105 cm³/mol. The molecule has 0 spiro atoms. The number of carbonyl (C=O) groups excluding carboxylic acids is 2. The summed E-state index contributed by atoms with van der Waals surface area (Å²) in [5.74, 6) is -1.05. The average molecular weight is 375 g/mol. The Hall–Kier alpha value is -3.07. The number of hydrogen-bond donors (Lipinski definition) is 3. The molecule has 1 amide bonds. The van der Waals surface area contributed by atoms with Gasteiger partial charge < -0.3 is 10.8 Å². The number of benzene rings is 2. The number of rotatable bonds is 5. The molecule has 2 aromatic carbocycles. The van der Waals surface area contributed by atoms with E-state index in [1.54, 1.807) is 30.6 Å². The van der Waals surface area contributed by atoms with E-state index in [2.05, 4.69) is 10.5 Å². The largest absolute Gasteiger partial charge is 0.515 e. The van der Waals surface area contributed by atoms with Crippen LogP contribution in [0.15, 0.2) is 54.9 Å². The smallest absolute Gasteiger partial charge is 0.422 e. The first-order valence-corrected chi connectivity index (χ1v) is 8.90. The minimum atomic E-state index is -1.24. The number of hydroxylamine groups is 1. The zero-order valence-electron chi connectivity index (χ0n) is 15.0. The van der Waals surface area contributed by atoms with Crippen molar-refractivity contribution in [1.29, 1.82) is 0 Å². The van der Waals surface area contributed by atoms with Gasteiger partial charge in [-0.2, -0.15) is 0 Å². The molecule has 0 saturated carbocycles. The highest BCUT2D eigenvalue weighted by molar-refractivity contribution is 6.62. The molecule has 0 radical (unpaired) electrons. The van der Waals surface area contributed by atoms with Crippen LogP contribution in [-0.4, -0.2) is 35.4 Å². The maximum atomic E-state index is 12.9. The summed E-state index contributed by atoms with van der Waals surface area (Å²) in [6.07, 6.45) is 3.72. The van der Waals surface area contributed by atoms with E-state index in [-0.39, 0.29) is 24.3 Å². The summed E-state index contributed by atoms with van der Waals surface area (Å²) in [5, 5.41) is 11.9. The summed E-state index contributed by atoms with van der Waals surface area (Å²) in [7, 11) is -1.24. The number of nitrogens with one attached hydrogen (secondary N) is 1. The van der Waals surface area contributed by atoms with Crippen molar-refractivity contribution < 1.29 is 19.4 Å². The molecule has 8 heteroatoms. The third-order valence-corrected chi connectivity index (χ3v) is 4.96. The summed E-state index contributed by atoms with van der Waals surface area (Å²) in [6.45, 7) is 0.121. The Morgan fingerprint density at radius 3 is 2.89 bits per heavy atom. The Bertz CT molecular complexity index is 1070. The summed E-state index contributed by atoms with van der Waals surface area (Å²) < 4.78 is 4.76. The van der Waals surface area contributed by atoms with Gasteiger partial charge in [-0.25, -0.2) is 5.48 Å². The molecule has 4 N–H and O–H groups in total. The first kappa shape index (κ1) is 18.3. The van der Waals surface area contributed by atoms with Gasteiger partial charge in [0.2, 0.25) is 0 Å². The Kier molecular flexibility index (Phi) is 4.91. The van der Waals surface area contributed by atoms with Crippen molar-refractivity contribution in [2.45, 2.75) is 12.3 Å². The van der Waals surface area contributed by atoms with Crippen LogP contribution in [-0.2, 0) is 16.0 Å². The van der Waals surface area contributed by atoms with Gasteiger partial charge in [0.15, 0.2) is 0 Å². The zero-order valence-corrected chi connectivity index (χ0v) is 15.0. The monoisotopic (exact) mass is 375 g/mol. The minimum absolute atomic E-state index is 0.0381. The van der Waals surface area contributed by atoms with Crippen LogP contribution in [0.25, 0.3) is 10.8 Å². The fourth-order valence-electron chi connectivity index (χ4n) is 3.45. The fourth-order valence-corrected chi connectivity index (χ4v) is 3.45. The third kappa shape index (κ3) is 3.40. The fraction of sp³-hybridized carbons (Fsp3) is 0.150. The van der Waals surface area contributed by atoms with E-state index < -0.39 is 18.9 Å². The molecular weight excluding hydrogens is 357 g/mol. The van der Waals surface area contributed by atoms with E-state index in [9.17, 15) is 14.6 Å².